The molecule has 3 aromatic rings. The third-order valence-corrected chi connectivity index (χ3v) is 6.69. The summed E-state index contributed by atoms with van der Waals surface area (Å²) in [6.07, 6.45) is 2.75. The molecule has 0 radical (unpaired) electrons. The first kappa shape index (κ1) is 26.0. The van der Waals surface area contributed by atoms with Crippen LogP contribution in [0.2, 0.25) is 0 Å². The van der Waals surface area contributed by atoms with E-state index >= 15 is 0 Å². The summed E-state index contributed by atoms with van der Waals surface area (Å²) in [6.45, 7) is 18.9. The van der Waals surface area contributed by atoms with E-state index in [4.69, 9.17) is 9.98 Å². The Balaban J connectivity index is 1.70. The molecule has 0 atom stereocenters. The monoisotopic (exact) mass is 491 g/mol. The van der Waals surface area contributed by atoms with Gasteiger partial charge in [0.15, 0.2) is 0 Å². The molecule has 4 rings (SSSR count). The van der Waals surface area contributed by atoms with E-state index in [2.05, 4.69) is 49.7 Å². The number of anilines is 1. The zero-order valence-corrected chi connectivity index (χ0v) is 22.4. The largest absolute Gasteiger partial charge is 0.344 e. The number of halogens is 1. The topological polar surface area (TPSA) is 36.8 Å². The molecule has 3 aromatic carbocycles. The summed E-state index contributed by atoms with van der Waals surface area (Å²) in [7, 11) is 0. The number of rotatable bonds is 5. The lowest BCUT2D eigenvalue weighted by Gasteiger charge is -2.14. The molecule has 0 aliphatic carbocycles. The molecular weight excluding hydrogens is 457 g/mol. The predicted octanol–water partition coefficient (Wildman–Crippen LogP) is 8.32. The van der Waals surface area contributed by atoms with Gasteiger partial charge in [-0.2, -0.15) is 0 Å². The van der Waals surface area contributed by atoms with Crippen LogP contribution in [0.25, 0.3) is 11.1 Å². The van der Waals surface area contributed by atoms with Crippen LogP contribution < -0.4 is 5.32 Å². The smallest absolute Gasteiger partial charge is 0.132 e. The van der Waals surface area contributed by atoms with Crippen LogP contribution in [0.5, 0.6) is 0 Å². The molecule has 3 nitrogen and oxygen atoms in total. The Kier molecular flexibility index (Phi) is 7.68. The van der Waals surface area contributed by atoms with E-state index in [0.29, 0.717) is 17.8 Å². The number of hydrogen-bond acceptors (Lipinski definition) is 2. The van der Waals surface area contributed by atoms with Crippen molar-refractivity contribution in [2.24, 2.45) is 9.98 Å². The number of allylic oxidation sites excluding steroid dienone is 1. The van der Waals surface area contributed by atoms with Crippen LogP contribution in [0.3, 0.4) is 0 Å². The second-order valence-corrected chi connectivity index (χ2v) is 9.62. The Labute approximate surface area is 219 Å². The summed E-state index contributed by atoms with van der Waals surface area (Å²) < 4.78 is 15.0. The van der Waals surface area contributed by atoms with Gasteiger partial charge in [-0.15, -0.1) is 0 Å². The van der Waals surface area contributed by atoms with Crippen LogP contribution in [0.4, 0.5) is 10.1 Å². The summed E-state index contributed by atoms with van der Waals surface area (Å²) in [6, 6.07) is 17.6. The lowest BCUT2D eigenvalue weighted by atomic mass is 9.89. The summed E-state index contributed by atoms with van der Waals surface area (Å²) in [5.74, 6) is 0.486. The predicted molar refractivity (Wildman–Crippen MR) is 157 cm³/mol. The van der Waals surface area contributed by atoms with Crippen molar-refractivity contribution in [2.75, 3.05) is 11.9 Å². The summed E-state index contributed by atoms with van der Waals surface area (Å²) in [4.78, 5) is 9.58. The van der Waals surface area contributed by atoms with Crippen molar-refractivity contribution in [3.8, 4) is 0 Å². The van der Waals surface area contributed by atoms with Gasteiger partial charge in [-0.1, -0.05) is 61.5 Å². The van der Waals surface area contributed by atoms with Crippen LogP contribution in [-0.4, -0.2) is 18.1 Å². The highest BCUT2D eigenvalue weighted by molar-refractivity contribution is 6.17. The Bertz CT molecular complexity index is 1470. The normalized spacial score (nSPS) is 14.8. The lowest BCUT2D eigenvalue weighted by molar-refractivity contribution is 0.624. The molecule has 0 bridgehead atoms. The number of amidine groups is 1. The second kappa shape index (κ2) is 10.9. The highest BCUT2D eigenvalue weighted by atomic mass is 19.1. The van der Waals surface area contributed by atoms with Gasteiger partial charge in [0, 0.05) is 23.0 Å². The third-order valence-electron chi connectivity index (χ3n) is 6.69. The summed E-state index contributed by atoms with van der Waals surface area (Å²) in [5.41, 5.74) is 11.2. The highest BCUT2D eigenvalue weighted by Gasteiger charge is 2.23. The fourth-order valence-corrected chi connectivity index (χ4v) is 4.70. The van der Waals surface area contributed by atoms with Crippen LogP contribution in [0.15, 0.2) is 89.5 Å². The van der Waals surface area contributed by atoms with Gasteiger partial charge >= 0.3 is 0 Å². The van der Waals surface area contributed by atoms with Crippen molar-refractivity contribution in [2.45, 2.75) is 41.0 Å². The van der Waals surface area contributed by atoms with Gasteiger partial charge in [0.05, 0.1) is 12.3 Å². The fourth-order valence-electron chi connectivity index (χ4n) is 4.70. The Morgan fingerprint density at radius 2 is 1.86 bits per heavy atom. The lowest BCUT2D eigenvalue weighted by Crippen LogP contribution is -2.10. The van der Waals surface area contributed by atoms with Gasteiger partial charge in [-0.3, -0.25) is 4.99 Å². The van der Waals surface area contributed by atoms with E-state index in [-0.39, 0.29) is 5.82 Å². The molecule has 0 spiro atoms. The Morgan fingerprint density at radius 1 is 1.08 bits per heavy atom. The van der Waals surface area contributed by atoms with E-state index in [1.807, 2.05) is 52.1 Å². The Morgan fingerprint density at radius 3 is 2.57 bits per heavy atom. The SMILES string of the molecule is C=C(C)c1ccc(NC(C)=N/C=C2/CN=C(c3c(C)cccc3F)c3cc(C)ccc3C2=C)cc1CC. The maximum atomic E-state index is 15.0. The molecule has 188 valence electrons. The molecule has 1 aliphatic rings. The van der Waals surface area contributed by atoms with Gasteiger partial charge in [0.2, 0.25) is 0 Å². The number of nitrogens with zero attached hydrogens (tertiary/aromatic N) is 2. The number of aliphatic imine (C=N–C) groups is 2. The van der Waals surface area contributed by atoms with Gasteiger partial charge in [-0.05, 0) is 91.8 Å². The Hall–Kier alpha value is -4.05. The van der Waals surface area contributed by atoms with Gasteiger partial charge in [-0.25, -0.2) is 9.38 Å². The molecule has 37 heavy (non-hydrogen) atoms. The minimum atomic E-state index is -0.272. The van der Waals surface area contributed by atoms with Crippen molar-refractivity contribution < 1.29 is 4.39 Å². The van der Waals surface area contributed by atoms with Crippen molar-refractivity contribution in [3.63, 3.8) is 0 Å². The van der Waals surface area contributed by atoms with Crippen LogP contribution in [0.1, 0.15) is 59.7 Å². The van der Waals surface area contributed by atoms with Crippen LogP contribution in [-0.2, 0) is 6.42 Å². The second-order valence-electron chi connectivity index (χ2n) is 9.62. The average molecular weight is 492 g/mol. The first-order valence-corrected chi connectivity index (χ1v) is 12.6. The number of nitrogens with one attached hydrogen (secondary N) is 1. The molecule has 0 amide bonds. The third kappa shape index (κ3) is 5.54. The number of hydrogen-bond donors (Lipinski definition) is 1. The average Bonchev–Trinajstić information content (AvgIpc) is 2.99. The maximum Gasteiger partial charge on any atom is 0.132 e. The standard InChI is InChI=1S/C33H34FN3/c1-8-25-17-27(13-15-28(25)20(2)3)37-24(7)35-18-26-19-36-33(32-22(5)10-9-11-31(32)34)30-16-21(4)12-14-29(30)23(26)6/h9-18H,2,6,8,19H2,1,3-5,7H3,(H,35,37)/b26-18-. The molecule has 0 saturated carbocycles. The van der Waals surface area contributed by atoms with Crippen molar-refractivity contribution in [3.05, 3.63) is 124 Å². The molecule has 4 heteroatoms. The van der Waals surface area contributed by atoms with Gasteiger partial charge in [0.25, 0.3) is 0 Å². The van der Waals surface area contributed by atoms with Crippen molar-refractivity contribution >= 4 is 28.4 Å². The fraction of sp³-hybridized carbons (Fsp3) is 0.212. The van der Waals surface area contributed by atoms with Crippen LogP contribution >= 0.6 is 0 Å². The van der Waals surface area contributed by atoms with Gasteiger partial charge < -0.3 is 5.32 Å². The molecule has 0 unspecified atom stereocenters. The maximum absolute atomic E-state index is 15.0. The van der Waals surface area contributed by atoms with Crippen molar-refractivity contribution in [1.29, 1.82) is 0 Å². The minimum Gasteiger partial charge on any atom is -0.344 e. The number of fused-ring (bicyclic) bond motifs is 1. The van der Waals surface area contributed by atoms with Crippen molar-refractivity contribution in [1.82, 2.24) is 0 Å². The molecule has 1 heterocycles. The molecule has 1 N–H and O–H groups in total. The molecule has 0 aromatic heterocycles. The summed E-state index contributed by atoms with van der Waals surface area (Å²) >= 11 is 0. The highest BCUT2D eigenvalue weighted by Crippen LogP contribution is 2.32. The molecule has 1 aliphatic heterocycles. The first-order chi connectivity index (χ1) is 17.7. The van der Waals surface area contributed by atoms with Gasteiger partial charge in [0.1, 0.15) is 11.7 Å². The van der Waals surface area contributed by atoms with E-state index < -0.39 is 0 Å². The van der Waals surface area contributed by atoms with E-state index in [1.165, 1.54) is 17.2 Å². The quantitative estimate of drug-likeness (QED) is 0.283. The zero-order chi connectivity index (χ0) is 26.7. The summed E-state index contributed by atoms with van der Waals surface area (Å²) in [5, 5.41) is 3.39. The van der Waals surface area contributed by atoms with E-state index in [0.717, 1.165) is 56.9 Å². The zero-order valence-electron chi connectivity index (χ0n) is 22.4. The molecule has 0 fully saturated rings. The van der Waals surface area contributed by atoms with E-state index in [9.17, 15) is 4.39 Å². The minimum absolute atomic E-state index is 0.272. The molecular formula is C33H34FN3. The number of aryl methyl sites for hydroxylation is 3. The van der Waals surface area contributed by atoms with E-state index in [1.54, 1.807) is 6.07 Å². The van der Waals surface area contributed by atoms with Crippen LogP contribution in [0, 0.1) is 19.7 Å². The first-order valence-electron chi connectivity index (χ1n) is 12.6. The number of benzene rings is 3. The molecule has 0 saturated heterocycles.